The molecule has 0 saturated heterocycles. The Bertz CT molecular complexity index is 943. The molecule has 0 radical (unpaired) electrons. The van der Waals surface area contributed by atoms with Gasteiger partial charge in [0.2, 0.25) is 0 Å². The van der Waals surface area contributed by atoms with Crippen LogP contribution in [0.2, 0.25) is 0 Å². The highest BCUT2D eigenvalue weighted by Gasteiger charge is 2.22. The number of ether oxygens (including phenoxy) is 2. The lowest BCUT2D eigenvalue weighted by Gasteiger charge is -2.21. The van der Waals surface area contributed by atoms with Gasteiger partial charge in [0, 0.05) is 17.8 Å². The van der Waals surface area contributed by atoms with Gasteiger partial charge in [-0.25, -0.2) is 4.98 Å². The van der Waals surface area contributed by atoms with Crippen molar-refractivity contribution >= 4 is 28.1 Å². The topological polar surface area (TPSA) is 64.5 Å². The predicted molar refractivity (Wildman–Crippen MR) is 115 cm³/mol. The molecule has 0 bridgehead atoms. The first kappa shape index (κ1) is 20.8. The molecule has 0 aliphatic rings. The molecule has 0 aliphatic heterocycles. The summed E-state index contributed by atoms with van der Waals surface area (Å²) in [5.41, 5.74) is 2.65. The van der Waals surface area contributed by atoms with Gasteiger partial charge in [-0.05, 0) is 44.0 Å². The van der Waals surface area contributed by atoms with Gasteiger partial charge in [-0.3, -0.25) is 14.7 Å². The van der Waals surface area contributed by atoms with Crippen molar-refractivity contribution in [3.8, 4) is 11.5 Å². The van der Waals surface area contributed by atoms with E-state index in [-0.39, 0.29) is 12.5 Å². The highest BCUT2D eigenvalue weighted by atomic mass is 32.1. The van der Waals surface area contributed by atoms with Gasteiger partial charge in [-0.2, -0.15) is 0 Å². The molecule has 0 atom stereocenters. The predicted octanol–water partition coefficient (Wildman–Crippen LogP) is 4.94. The third-order valence-corrected chi connectivity index (χ3v) is 5.13. The standard InChI is InChI=1S/C22H25N3O3S/c1-4-7-17-8-6-9-19(21(17)27-5-2)28-14-20(26)25(18-10-12-23-13-11-18)22-24-16(3)15-29-22/h6,8-13,15H,4-5,7,14H2,1-3H3. The number of aromatic nitrogens is 2. The first-order valence-electron chi connectivity index (χ1n) is 9.66. The fraction of sp³-hybridized carbons (Fsp3) is 0.318. The second kappa shape index (κ2) is 10.0. The lowest BCUT2D eigenvalue weighted by molar-refractivity contribution is -0.119. The maximum absolute atomic E-state index is 13.1. The number of hydrogen-bond donors (Lipinski definition) is 0. The number of carbonyl (C=O) groups excluding carboxylic acids is 1. The Morgan fingerprint density at radius 2 is 1.93 bits per heavy atom. The van der Waals surface area contributed by atoms with E-state index < -0.39 is 0 Å². The van der Waals surface area contributed by atoms with E-state index in [1.165, 1.54) is 11.3 Å². The normalized spacial score (nSPS) is 10.6. The molecule has 3 rings (SSSR count). The maximum Gasteiger partial charge on any atom is 0.271 e. The molecule has 3 aromatic rings. The van der Waals surface area contributed by atoms with Crippen molar-refractivity contribution in [3.63, 3.8) is 0 Å². The van der Waals surface area contributed by atoms with E-state index in [0.29, 0.717) is 28.9 Å². The van der Waals surface area contributed by atoms with Gasteiger partial charge in [0.05, 0.1) is 18.0 Å². The number of rotatable bonds is 9. The highest BCUT2D eigenvalue weighted by Crippen LogP contribution is 2.33. The Labute approximate surface area is 175 Å². The summed E-state index contributed by atoms with van der Waals surface area (Å²) in [6.07, 6.45) is 5.19. The molecule has 29 heavy (non-hydrogen) atoms. The molecule has 0 saturated carbocycles. The van der Waals surface area contributed by atoms with Crippen LogP contribution in [0.1, 0.15) is 31.5 Å². The van der Waals surface area contributed by atoms with Crippen LogP contribution in [0.25, 0.3) is 0 Å². The zero-order valence-electron chi connectivity index (χ0n) is 16.9. The van der Waals surface area contributed by atoms with Gasteiger partial charge in [-0.1, -0.05) is 25.5 Å². The van der Waals surface area contributed by atoms with Crippen LogP contribution in [0.3, 0.4) is 0 Å². The molecule has 2 aromatic heterocycles. The quantitative estimate of drug-likeness (QED) is 0.499. The van der Waals surface area contributed by atoms with Crippen LogP contribution in [0.15, 0.2) is 48.1 Å². The Hall–Kier alpha value is -2.93. The summed E-state index contributed by atoms with van der Waals surface area (Å²) >= 11 is 1.42. The third kappa shape index (κ3) is 5.12. The number of nitrogens with zero attached hydrogens (tertiary/aromatic N) is 3. The number of hydrogen-bond acceptors (Lipinski definition) is 6. The van der Waals surface area contributed by atoms with Gasteiger partial charge in [0.1, 0.15) is 0 Å². The molecule has 0 spiro atoms. The highest BCUT2D eigenvalue weighted by molar-refractivity contribution is 7.14. The molecule has 7 heteroatoms. The molecular weight excluding hydrogens is 386 g/mol. The Kier molecular flexibility index (Phi) is 7.19. The number of anilines is 2. The number of thiazole rings is 1. The van der Waals surface area contributed by atoms with Crippen molar-refractivity contribution in [2.75, 3.05) is 18.1 Å². The van der Waals surface area contributed by atoms with Gasteiger partial charge >= 0.3 is 0 Å². The van der Waals surface area contributed by atoms with Crippen LogP contribution in [-0.4, -0.2) is 29.1 Å². The first-order chi connectivity index (χ1) is 14.1. The fourth-order valence-electron chi connectivity index (χ4n) is 2.95. The van der Waals surface area contributed by atoms with Crippen molar-refractivity contribution in [1.82, 2.24) is 9.97 Å². The van der Waals surface area contributed by atoms with Gasteiger partial charge in [-0.15, -0.1) is 11.3 Å². The minimum absolute atomic E-state index is 0.128. The van der Waals surface area contributed by atoms with E-state index in [0.717, 1.165) is 24.1 Å². The summed E-state index contributed by atoms with van der Waals surface area (Å²) in [4.78, 5) is 23.2. The number of pyridine rings is 1. The average molecular weight is 412 g/mol. The van der Waals surface area contributed by atoms with E-state index in [4.69, 9.17) is 9.47 Å². The van der Waals surface area contributed by atoms with Gasteiger partial charge in [0.15, 0.2) is 23.2 Å². The zero-order chi connectivity index (χ0) is 20.6. The molecule has 152 valence electrons. The summed E-state index contributed by atoms with van der Waals surface area (Å²) < 4.78 is 11.7. The summed E-state index contributed by atoms with van der Waals surface area (Å²) in [5.74, 6) is 1.08. The van der Waals surface area contributed by atoms with Crippen molar-refractivity contribution < 1.29 is 14.3 Å². The SMILES string of the molecule is CCCc1cccc(OCC(=O)N(c2ccncc2)c2nc(C)cs2)c1OCC. The lowest BCUT2D eigenvalue weighted by Crippen LogP contribution is -2.31. The molecule has 0 unspecified atom stereocenters. The first-order valence-corrected chi connectivity index (χ1v) is 10.5. The monoisotopic (exact) mass is 411 g/mol. The number of aryl methyl sites for hydroxylation is 2. The number of amides is 1. The van der Waals surface area contributed by atoms with Crippen LogP contribution in [0, 0.1) is 6.92 Å². The summed E-state index contributed by atoms with van der Waals surface area (Å²) in [7, 11) is 0. The zero-order valence-corrected chi connectivity index (χ0v) is 17.7. The van der Waals surface area contributed by atoms with Crippen LogP contribution in [-0.2, 0) is 11.2 Å². The minimum Gasteiger partial charge on any atom is -0.490 e. The van der Waals surface area contributed by atoms with Crippen LogP contribution >= 0.6 is 11.3 Å². The number of para-hydroxylation sites is 1. The Morgan fingerprint density at radius 3 is 2.59 bits per heavy atom. The van der Waals surface area contributed by atoms with Crippen molar-refractivity contribution in [2.24, 2.45) is 0 Å². The molecular formula is C22H25N3O3S. The van der Waals surface area contributed by atoms with E-state index in [1.54, 1.807) is 29.4 Å². The van der Waals surface area contributed by atoms with E-state index in [2.05, 4.69) is 16.9 Å². The molecule has 0 fully saturated rings. The minimum atomic E-state index is -0.214. The van der Waals surface area contributed by atoms with Crippen LogP contribution in [0.4, 0.5) is 10.8 Å². The Balaban J connectivity index is 1.83. The molecule has 1 amide bonds. The Morgan fingerprint density at radius 1 is 1.14 bits per heavy atom. The van der Waals surface area contributed by atoms with E-state index in [1.807, 2.05) is 37.4 Å². The molecule has 0 aliphatic carbocycles. The largest absolute Gasteiger partial charge is 0.490 e. The summed E-state index contributed by atoms with van der Waals surface area (Å²) in [6, 6.07) is 9.36. The smallest absolute Gasteiger partial charge is 0.271 e. The third-order valence-electron chi connectivity index (χ3n) is 4.19. The second-order valence-electron chi connectivity index (χ2n) is 6.42. The molecule has 2 heterocycles. The number of carbonyl (C=O) groups is 1. The van der Waals surface area contributed by atoms with Gasteiger partial charge in [0.25, 0.3) is 5.91 Å². The van der Waals surface area contributed by atoms with Crippen molar-refractivity contribution in [3.05, 3.63) is 59.4 Å². The van der Waals surface area contributed by atoms with Crippen LogP contribution in [0.5, 0.6) is 11.5 Å². The van der Waals surface area contributed by atoms with E-state index >= 15 is 0 Å². The fourth-order valence-corrected chi connectivity index (χ4v) is 3.79. The van der Waals surface area contributed by atoms with Crippen molar-refractivity contribution in [1.29, 1.82) is 0 Å². The summed E-state index contributed by atoms with van der Waals surface area (Å²) in [6.45, 7) is 6.37. The number of benzene rings is 1. The average Bonchev–Trinajstić information content (AvgIpc) is 3.15. The summed E-state index contributed by atoms with van der Waals surface area (Å²) in [5, 5.41) is 2.52. The van der Waals surface area contributed by atoms with Gasteiger partial charge < -0.3 is 9.47 Å². The van der Waals surface area contributed by atoms with Crippen molar-refractivity contribution in [2.45, 2.75) is 33.6 Å². The second-order valence-corrected chi connectivity index (χ2v) is 7.26. The molecule has 0 N–H and O–H groups in total. The van der Waals surface area contributed by atoms with Crippen LogP contribution < -0.4 is 14.4 Å². The van der Waals surface area contributed by atoms with E-state index in [9.17, 15) is 4.79 Å². The lowest BCUT2D eigenvalue weighted by atomic mass is 10.1. The maximum atomic E-state index is 13.1. The molecule has 6 nitrogen and oxygen atoms in total. The molecule has 1 aromatic carbocycles.